The molecule has 0 bridgehead atoms. The van der Waals surface area contributed by atoms with Crippen LogP contribution in [0.5, 0.6) is 0 Å². The summed E-state index contributed by atoms with van der Waals surface area (Å²) in [5.41, 5.74) is -0.895. The van der Waals surface area contributed by atoms with Crippen molar-refractivity contribution in [2.24, 2.45) is 0 Å². The molecule has 11 heteroatoms. The van der Waals surface area contributed by atoms with Crippen LogP contribution in [0.15, 0.2) is 32.3 Å². The lowest BCUT2D eigenvalue weighted by atomic mass is 10.2. The summed E-state index contributed by atoms with van der Waals surface area (Å²) in [4.78, 5) is 32.4. The first-order valence-corrected chi connectivity index (χ1v) is 10.9. The number of nitrogens with zero attached hydrogens (tertiary/aromatic N) is 4. The van der Waals surface area contributed by atoms with Gasteiger partial charge in [-0.1, -0.05) is 0 Å². The Hall–Kier alpha value is -2.66. The highest BCUT2D eigenvalue weighted by atomic mass is 32.2. The lowest BCUT2D eigenvalue weighted by Crippen LogP contribution is -2.50. The van der Waals surface area contributed by atoms with Crippen LogP contribution in [0.1, 0.15) is 20.8 Å². The first kappa shape index (κ1) is 22.0. The van der Waals surface area contributed by atoms with Crippen molar-refractivity contribution in [1.29, 1.82) is 0 Å². The van der Waals surface area contributed by atoms with Gasteiger partial charge in [0.05, 0.1) is 15.8 Å². The third-order valence-corrected chi connectivity index (χ3v) is 6.38. The lowest BCUT2D eigenvalue weighted by Gasteiger charge is -2.35. The molecule has 0 spiro atoms. The second-order valence-electron chi connectivity index (χ2n) is 8.20. The molecular weight excluding hydrogens is 412 g/mol. The number of piperazine rings is 1. The molecule has 2 heterocycles. The van der Waals surface area contributed by atoms with Crippen molar-refractivity contribution in [3.63, 3.8) is 0 Å². The van der Waals surface area contributed by atoms with Crippen LogP contribution < -0.4 is 10.5 Å². The van der Waals surface area contributed by atoms with Crippen molar-refractivity contribution in [1.82, 2.24) is 14.2 Å². The van der Waals surface area contributed by atoms with E-state index in [4.69, 9.17) is 9.15 Å². The number of ether oxygens (including phenoxy) is 1. The van der Waals surface area contributed by atoms with E-state index in [0.717, 1.165) is 4.31 Å². The number of aromatic nitrogens is 1. The minimum Gasteiger partial charge on any atom is -0.444 e. The predicted molar refractivity (Wildman–Crippen MR) is 111 cm³/mol. The highest BCUT2D eigenvalue weighted by Crippen LogP contribution is 2.21. The topological polar surface area (TPSA) is 113 Å². The summed E-state index contributed by atoms with van der Waals surface area (Å²) >= 11 is 0. The molecule has 1 aliphatic rings. The SMILES string of the molecule is CN(C)S(=O)(=O)c1ccc2nc(N3CCN(C(=O)OC(C)(C)C)CC3)oc(=O)c2c1. The second-order valence-corrected chi connectivity index (χ2v) is 10.4. The third kappa shape index (κ3) is 4.57. The quantitative estimate of drug-likeness (QED) is 0.708. The Morgan fingerprint density at radius 1 is 1.17 bits per heavy atom. The van der Waals surface area contributed by atoms with Gasteiger partial charge in [0.25, 0.3) is 0 Å². The number of amides is 1. The van der Waals surface area contributed by atoms with E-state index in [-0.39, 0.29) is 22.4 Å². The summed E-state index contributed by atoms with van der Waals surface area (Å²) in [5, 5.41) is 0.0917. The summed E-state index contributed by atoms with van der Waals surface area (Å²) in [7, 11) is -0.844. The van der Waals surface area contributed by atoms with Crippen molar-refractivity contribution in [3.8, 4) is 0 Å². The number of carbonyl (C=O) groups excluding carboxylic acids is 1. The van der Waals surface area contributed by atoms with E-state index in [2.05, 4.69) is 4.98 Å². The zero-order valence-electron chi connectivity index (χ0n) is 17.7. The molecule has 0 atom stereocenters. The number of rotatable bonds is 3. The van der Waals surface area contributed by atoms with Gasteiger partial charge in [-0.3, -0.25) is 0 Å². The molecule has 1 fully saturated rings. The molecule has 1 saturated heterocycles. The van der Waals surface area contributed by atoms with Crippen LogP contribution in [-0.2, 0) is 14.8 Å². The van der Waals surface area contributed by atoms with Crippen LogP contribution >= 0.6 is 0 Å². The minimum atomic E-state index is -3.68. The van der Waals surface area contributed by atoms with Gasteiger partial charge in [-0.15, -0.1) is 0 Å². The number of benzene rings is 1. The van der Waals surface area contributed by atoms with Crippen LogP contribution in [0.4, 0.5) is 10.8 Å². The van der Waals surface area contributed by atoms with Crippen LogP contribution in [0.3, 0.4) is 0 Å². The van der Waals surface area contributed by atoms with E-state index < -0.39 is 21.2 Å². The number of anilines is 1. The monoisotopic (exact) mass is 438 g/mol. The number of hydrogen-bond acceptors (Lipinski definition) is 8. The third-order valence-electron chi connectivity index (χ3n) is 4.57. The second kappa shape index (κ2) is 7.88. The highest BCUT2D eigenvalue weighted by Gasteiger charge is 2.27. The fourth-order valence-electron chi connectivity index (χ4n) is 2.95. The first-order chi connectivity index (χ1) is 13.9. The number of carbonyl (C=O) groups is 1. The molecule has 10 nitrogen and oxygen atoms in total. The molecule has 30 heavy (non-hydrogen) atoms. The van der Waals surface area contributed by atoms with Crippen molar-refractivity contribution in [2.75, 3.05) is 45.2 Å². The number of fused-ring (bicyclic) bond motifs is 1. The average molecular weight is 439 g/mol. The number of hydrogen-bond donors (Lipinski definition) is 0. The smallest absolute Gasteiger partial charge is 0.410 e. The van der Waals surface area contributed by atoms with E-state index in [1.54, 1.807) is 9.80 Å². The fraction of sp³-hybridized carbons (Fsp3) is 0.526. The average Bonchev–Trinajstić information content (AvgIpc) is 2.66. The Bertz CT molecular complexity index is 1110. The highest BCUT2D eigenvalue weighted by molar-refractivity contribution is 7.89. The maximum Gasteiger partial charge on any atom is 0.410 e. The molecular formula is C19H26N4O6S. The molecule has 0 aliphatic carbocycles. The molecule has 1 aromatic heterocycles. The van der Waals surface area contributed by atoms with Gasteiger partial charge in [0.15, 0.2) is 0 Å². The molecule has 0 N–H and O–H groups in total. The van der Waals surface area contributed by atoms with E-state index in [9.17, 15) is 18.0 Å². The molecule has 0 saturated carbocycles. The van der Waals surface area contributed by atoms with E-state index >= 15 is 0 Å². The van der Waals surface area contributed by atoms with Crippen molar-refractivity contribution in [2.45, 2.75) is 31.3 Å². The molecule has 0 unspecified atom stereocenters. The van der Waals surface area contributed by atoms with Gasteiger partial charge >= 0.3 is 17.7 Å². The molecule has 164 valence electrons. The Labute approximate surface area is 175 Å². The van der Waals surface area contributed by atoms with E-state index in [0.29, 0.717) is 31.7 Å². The lowest BCUT2D eigenvalue weighted by molar-refractivity contribution is 0.0238. The summed E-state index contributed by atoms with van der Waals surface area (Å²) in [6.45, 7) is 7.08. The molecule has 1 aliphatic heterocycles. The van der Waals surface area contributed by atoms with Gasteiger partial charge in [0.1, 0.15) is 5.60 Å². The Kier molecular flexibility index (Phi) is 5.79. The normalized spacial score (nSPS) is 15.7. The van der Waals surface area contributed by atoms with Gasteiger partial charge in [-0.2, -0.15) is 4.98 Å². The summed E-state index contributed by atoms with van der Waals surface area (Å²) in [6.07, 6.45) is -0.385. The Morgan fingerprint density at radius 2 is 1.80 bits per heavy atom. The summed E-state index contributed by atoms with van der Waals surface area (Å²) in [6, 6.07) is 4.31. The Morgan fingerprint density at radius 3 is 2.37 bits per heavy atom. The van der Waals surface area contributed by atoms with Gasteiger partial charge in [-0.25, -0.2) is 22.3 Å². The van der Waals surface area contributed by atoms with E-state index in [1.165, 1.54) is 32.3 Å². The molecule has 1 amide bonds. The van der Waals surface area contributed by atoms with Crippen molar-refractivity contribution >= 4 is 33.0 Å². The molecule has 3 rings (SSSR count). The zero-order valence-corrected chi connectivity index (χ0v) is 18.5. The summed E-state index contributed by atoms with van der Waals surface area (Å²) < 4.78 is 36.4. The van der Waals surface area contributed by atoms with Gasteiger partial charge < -0.3 is 19.0 Å². The molecule has 0 radical (unpaired) electrons. The maximum atomic E-state index is 12.5. The van der Waals surface area contributed by atoms with Gasteiger partial charge in [0.2, 0.25) is 10.0 Å². The first-order valence-electron chi connectivity index (χ1n) is 9.49. The zero-order chi connectivity index (χ0) is 22.3. The fourth-order valence-corrected chi connectivity index (χ4v) is 3.88. The Balaban J connectivity index is 1.80. The van der Waals surface area contributed by atoms with Gasteiger partial charge in [-0.05, 0) is 39.0 Å². The maximum absolute atomic E-state index is 12.5. The van der Waals surface area contributed by atoms with E-state index in [1.807, 2.05) is 20.8 Å². The van der Waals surface area contributed by atoms with Crippen LogP contribution in [0.2, 0.25) is 0 Å². The van der Waals surface area contributed by atoms with Gasteiger partial charge in [0, 0.05) is 40.3 Å². The standard InChI is InChI=1S/C19H26N4O6S/c1-19(2,3)29-18(25)23-10-8-22(9-11-23)17-20-15-7-6-13(30(26,27)21(4)5)12-14(15)16(24)28-17/h6-7,12H,8-11H2,1-5H3. The van der Waals surface area contributed by atoms with Crippen LogP contribution in [0, 0.1) is 0 Å². The minimum absolute atomic E-state index is 0.00664. The number of sulfonamides is 1. The van der Waals surface area contributed by atoms with Crippen molar-refractivity contribution < 1.29 is 22.4 Å². The molecule has 2 aromatic rings. The molecule has 1 aromatic carbocycles. The van der Waals surface area contributed by atoms with Crippen LogP contribution in [-0.4, -0.2) is 74.6 Å². The summed E-state index contributed by atoms with van der Waals surface area (Å²) in [5.74, 6) is 0. The van der Waals surface area contributed by atoms with Crippen LogP contribution in [0.25, 0.3) is 10.9 Å². The largest absolute Gasteiger partial charge is 0.444 e. The van der Waals surface area contributed by atoms with Crippen molar-refractivity contribution in [3.05, 3.63) is 28.6 Å². The predicted octanol–water partition coefficient (Wildman–Crippen LogP) is 1.50.